The summed E-state index contributed by atoms with van der Waals surface area (Å²) in [5.74, 6) is -0.834. The van der Waals surface area contributed by atoms with Crippen molar-refractivity contribution in [3.05, 3.63) is 53.6 Å². The molecule has 20 heavy (non-hydrogen) atoms. The number of rotatable bonds is 5. The first-order chi connectivity index (χ1) is 9.53. The summed E-state index contributed by atoms with van der Waals surface area (Å²) in [5.41, 5.74) is 6.33. The molecule has 8 heteroatoms. The molecule has 0 bridgehead atoms. The Bertz CT molecular complexity index is 692. The number of hydrogen-bond acceptors (Lipinski definition) is 5. The molecule has 0 spiro atoms. The second-order valence-electron chi connectivity index (χ2n) is 4.01. The third-order valence-corrected chi connectivity index (χ3v) is 4.03. The van der Waals surface area contributed by atoms with Crippen LogP contribution in [0.15, 0.2) is 41.4 Å². The maximum absolute atomic E-state index is 13.8. The zero-order valence-corrected chi connectivity index (χ0v) is 11.3. The largest absolute Gasteiger partial charge is 0.326 e. The van der Waals surface area contributed by atoms with Gasteiger partial charge >= 0.3 is 0 Å². The van der Waals surface area contributed by atoms with Crippen LogP contribution in [0.5, 0.6) is 0 Å². The molecule has 0 aliphatic rings. The number of hydrogen-bond donors (Lipinski definition) is 2. The van der Waals surface area contributed by atoms with Crippen LogP contribution < -0.4 is 10.5 Å². The lowest BCUT2D eigenvalue weighted by atomic mass is 10.2. The van der Waals surface area contributed by atoms with Crippen molar-refractivity contribution < 1.29 is 12.8 Å². The molecule has 106 valence electrons. The monoisotopic (exact) mass is 296 g/mol. The molecule has 0 amide bonds. The minimum Gasteiger partial charge on any atom is -0.326 e. The van der Waals surface area contributed by atoms with Gasteiger partial charge in [0, 0.05) is 12.7 Å². The van der Waals surface area contributed by atoms with Crippen molar-refractivity contribution in [2.45, 2.75) is 18.0 Å². The van der Waals surface area contributed by atoms with Crippen LogP contribution in [0.25, 0.3) is 0 Å². The minimum absolute atomic E-state index is 0.0613. The number of sulfonamides is 1. The highest BCUT2D eigenvalue weighted by molar-refractivity contribution is 7.89. The van der Waals surface area contributed by atoms with Gasteiger partial charge in [0.2, 0.25) is 10.0 Å². The van der Waals surface area contributed by atoms with Gasteiger partial charge in [0.15, 0.2) is 0 Å². The van der Waals surface area contributed by atoms with E-state index in [1.165, 1.54) is 18.3 Å². The summed E-state index contributed by atoms with van der Waals surface area (Å²) in [7, 11) is -3.95. The highest BCUT2D eigenvalue weighted by Gasteiger charge is 2.19. The first-order valence-corrected chi connectivity index (χ1v) is 7.26. The number of aromatic nitrogens is 2. The topological polar surface area (TPSA) is 98.0 Å². The molecule has 0 saturated carbocycles. The molecule has 2 aromatic rings. The standard InChI is InChI=1S/C12H13FN4O2S/c13-11-6-9(7-14)3-4-12(11)20(18,19)16-8-10-2-1-5-15-17-10/h1-6,16H,7-8,14H2. The molecule has 0 radical (unpaired) electrons. The Kier molecular flexibility index (Phi) is 4.38. The van der Waals surface area contributed by atoms with Crippen LogP contribution in [0.4, 0.5) is 4.39 Å². The Hall–Kier alpha value is -1.90. The average molecular weight is 296 g/mol. The molecular weight excluding hydrogens is 283 g/mol. The molecule has 2 rings (SSSR count). The summed E-state index contributed by atoms with van der Waals surface area (Å²) in [6, 6.07) is 7.02. The van der Waals surface area contributed by atoms with Crippen molar-refractivity contribution in [2.24, 2.45) is 5.73 Å². The van der Waals surface area contributed by atoms with Gasteiger partial charge in [-0.2, -0.15) is 10.2 Å². The van der Waals surface area contributed by atoms with Gasteiger partial charge in [0.1, 0.15) is 10.7 Å². The van der Waals surface area contributed by atoms with Crippen molar-refractivity contribution >= 4 is 10.0 Å². The van der Waals surface area contributed by atoms with Crippen molar-refractivity contribution in [3.63, 3.8) is 0 Å². The molecular formula is C12H13FN4O2S. The van der Waals surface area contributed by atoms with Crippen LogP contribution in [0.3, 0.4) is 0 Å². The van der Waals surface area contributed by atoms with Crippen molar-refractivity contribution in [3.8, 4) is 0 Å². The Morgan fingerprint density at radius 1 is 1.30 bits per heavy atom. The van der Waals surface area contributed by atoms with Gasteiger partial charge in [0.05, 0.1) is 12.2 Å². The van der Waals surface area contributed by atoms with Gasteiger partial charge in [-0.25, -0.2) is 17.5 Å². The molecule has 0 atom stereocenters. The van der Waals surface area contributed by atoms with E-state index in [4.69, 9.17) is 5.73 Å². The summed E-state index contributed by atoms with van der Waals surface area (Å²) < 4.78 is 40.0. The van der Waals surface area contributed by atoms with E-state index in [2.05, 4.69) is 14.9 Å². The predicted molar refractivity (Wildman–Crippen MR) is 70.3 cm³/mol. The molecule has 3 N–H and O–H groups in total. The Morgan fingerprint density at radius 2 is 2.10 bits per heavy atom. The van der Waals surface area contributed by atoms with Gasteiger partial charge in [-0.05, 0) is 29.8 Å². The average Bonchev–Trinajstić information content (AvgIpc) is 2.46. The van der Waals surface area contributed by atoms with Crippen molar-refractivity contribution in [1.29, 1.82) is 0 Å². The zero-order valence-electron chi connectivity index (χ0n) is 10.5. The summed E-state index contributed by atoms with van der Waals surface area (Å²) in [6.07, 6.45) is 1.48. The smallest absolute Gasteiger partial charge is 0.243 e. The van der Waals surface area contributed by atoms with Crippen LogP contribution in [0, 0.1) is 5.82 Å². The molecule has 0 saturated heterocycles. The molecule has 6 nitrogen and oxygen atoms in total. The fraction of sp³-hybridized carbons (Fsp3) is 0.167. The van der Waals surface area contributed by atoms with Crippen LogP contribution in [0.2, 0.25) is 0 Å². The van der Waals surface area contributed by atoms with Crippen LogP contribution in [0.1, 0.15) is 11.3 Å². The van der Waals surface area contributed by atoms with E-state index in [0.29, 0.717) is 11.3 Å². The quantitative estimate of drug-likeness (QED) is 0.839. The molecule has 0 aliphatic heterocycles. The third kappa shape index (κ3) is 3.35. The zero-order chi connectivity index (χ0) is 14.6. The fourth-order valence-electron chi connectivity index (χ4n) is 1.56. The van der Waals surface area contributed by atoms with Gasteiger partial charge < -0.3 is 5.73 Å². The SMILES string of the molecule is NCc1ccc(S(=O)(=O)NCc2cccnn2)c(F)c1. The highest BCUT2D eigenvalue weighted by Crippen LogP contribution is 2.16. The lowest BCUT2D eigenvalue weighted by Gasteiger charge is -2.08. The normalized spacial score (nSPS) is 11.5. The van der Waals surface area contributed by atoms with Crippen LogP contribution >= 0.6 is 0 Å². The molecule has 1 aromatic heterocycles. The lowest BCUT2D eigenvalue weighted by molar-refractivity contribution is 0.555. The number of nitrogens with one attached hydrogen (secondary N) is 1. The van der Waals surface area contributed by atoms with E-state index < -0.39 is 20.7 Å². The number of nitrogens with two attached hydrogens (primary N) is 1. The summed E-state index contributed by atoms with van der Waals surface area (Å²) in [4.78, 5) is -0.418. The second kappa shape index (κ2) is 6.04. The van der Waals surface area contributed by atoms with Crippen molar-refractivity contribution in [1.82, 2.24) is 14.9 Å². The Balaban J connectivity index is 2.18. The predicted octanol–water partition coefficient (Wildman–Crippen LogP) is 0.553. The summed E-state index contributed by atoms with van der Waals surface area (Å²) in [5, 5.41) is 7.36. The lowest BCUT2D eigenvalue weighted by Crippen LogP contribution is -2.24. The summed E-state index contributed by atoms with van der Waals surface area (Å²) >= 11 is 0. The maximum Gasteiger partial charge on any atom is 0.243 e. The van der Waals surface area contributed by atoms with Gasteiger partial charge in [-0.15, -0.1) is 0 Å². The summed E-state index contributed by atoms with van der Waals surface area (Å²) in [6.45, 7) is 0.0819. The number of benzene rings is 1. The first kappa shape index (κ1) is 14.5. The second-order valence-corrected chi connectivity index (χ2v) is 5.74. The van der Waals surface area contributed by atoms with Gasteiger partial charge in [-0.3, -0.25) is 0 Å². The van der Waals surface area contributed by atoms with Crippen molar-refractivity contribution in [2.75, 3.05) is 0 Å². The molecule has 1 heterocycles. The van der Waals surface area contributed by atoms with E-state index in [0.717, 1.165) is 6.07 Å². The molecule has 0 aliphatic carbocycles. The third-order valence-electron chi connectivity index (χ3n) is 2.59. The van der Waals surface area contributed by atoms with Crippen LogP contribution in [-0.4, -0.2) is 18.6 Å². The van der Waals surface area contributed by atoms with E-state index >= 15 is 0 Å². The Labute approximate surface area is 115 Å². The maximum atomic E-state index is 13.8. The highest BCUT2D eigenvalue weighted by atomic mass is 32.2. The fourth-order valence-corrected chi connectivity index (χ4v) is 2.62. The van der Waals surface area contributed by atoms with E-state index in [1.807, 2.05) is 0 Å². The molecule has 0 fully saturated rings. The Morgan fingerprint density at radius 3 is 2.70 bits per heavy atom. The van der Waals surface area contributed by atoms with E-state index in [-0.39, 0.29) is 13.1 Å². The van der Waals surface area contributed by atoms with Gasteiger partial charge in [0.25, 0.3) is 0 Å². The van der Waals surface area contributed by atoms with Crippen LogP contribution in [-0.2, 0) is 23.1 Å². The minimum atomic E-state index is -3.95. The number of halogens is 1. The van der Waals surface area contributed by atoms with E-state index in [1.54, 1.807) is 12.1 Å². The molecule has 1 aromatic carbocycles. The van der Waals surface area contributed by atoms with E-state index in [9.17, 15) is 12.8 Å². The first-order valence-electron chi connectivity index (χ1n) is 5.77. The molecule has 0 unspecified atom stereocenters. The number of nitrogens with zero attached hydrogens (tertiary/aromatic N) is 2. The van der Waals surface area contributed by atoms with Gasteiger partial charge in [-0.1, -0.05) is 6.07 Å².